The molecule has 1 aromatic rings. The molecule has 2 rings (SSSR count). The van der Waals surface area contributed by atoms with Gasteiger partial charge in [-0.15, -0.1) is 0 Å². The number of aliphatic carboxylic acids is 1. The minimum absolute atomic E-state index is 0.162. The van der Waals surface area contributed by atoms with E-state index in [1.807, 2.05) is 24.3 Å². The van der Waals surface area contributed by atoms with E-state index in [0.717, 1.165) is 17.4 Å². The van der Waals surface area contributed by atoms with Crippen LogP contribution in [0.5, 0.6) is 0 Å². The van der Waals surface area contributed by atoms with Gasteiger partial charge in [0.1, 0.15) is 0 Å². The van der Waals surface area contributed by atoms with Crippen LogP contribution in [0.15, 0.2) is 24.3 Å². The second-order valence-corrected chi connectivity index (χ2v) is 3.66. The Hall–Kier alpha value is -1.38. The summed E-state index contributed by atoms with van der Waals surface area (Å²) in [6, 6.07) is 7.92. The van der Waals surface area contributed by atoms with Crippen molar-refractivity contribution >= 4 is 24.8 Å². The summed E-state index contributed by atoms with van der Waals surface area (Å²) < 4.78 is 0. The van der Waals surface area contributed by atoms with E-state index in [1.54, 1.807) is 6.92 Å². The molecule has 1 saturated carbocycles. The van der Waals surface area contributed by atoms with Crippen molar-refractivity contribution in [2.75, 3.05) is 0 Å². The van der Waals surface area contributed by atoms with Crippen molar-refractivity contribution in [1.29, 1.82) is 0 Å². The van der Waals surface area contributed by atoms with Crippen molar-refractivity contribution in [3.05, 3.63) is 29.8 Å². The first kappa shape index (κ1) is 9.19. The van der Waals surface area contributed by atoms with Crippen LogP contribution < -0.4 is 5.46 Å². The number of rotatable bonds is 3. The summed E-state index contributed by atoms with van der Waals surface area (Å²) >= 11 is 0. The minimum atomic E-state index is -0.678. The van der Waals surface area contributed by atoms with Crippen LogP contribution in [0.25, 0.3) is 0 Å². The zero-order valence-corrected chi connectivity index (χ0v) is 7.81. The third kappa shape index (κ3) is 1.62. The molecule has 2 nitrogen and oxygen atoms in total. The quantitative estimate of drug-likeness (QED) is 0.703. The monoisotopic (exact) mass is 186 g/mol. The maximum atomic E-state index is 10.7. The van der Waals surface area contributed by atoms with Crippen LogP contribution in [-0.4, -0.2) is 24.5 Å². The summed E-state index contributed by atoms with van der Waals surface area (Å²) in [6.07, 6.45) is 0.781. The molecule has 2 unspecified atom stereocenters. The van der Waals surface area contributed by atoms with Crippen molar-refractivity contribution in [2.24, 2.45) is 5.92 Å². The Balaban J connectivity index is 2.12. The van der Waals surface area contributed by atoms with Crippen LogP contribution in [-0.2, 0) is 4.79 Å². The summed E-state index contributed by atoms with van der Waals surface area (Å²) in [5.41, 5.74) is 2.20. The first-order chi connectivity index (χ1) is 6.72. The summed E-state index contributed by atoms with van der Waals surface area (Å²) in [5, 5.41) is 8.77. The van der Waals surface area contributed by atoms with Gasteiger partial charge in [0.05, 0.1) is 0 Å². The molecular formula is C11H11BO2. The Labute approximate surface area is 83.5 Å². The molecular weight excluding hydrogens is 175 g/mol. The van der Waals surface area contributed by atoms with E-state index in [2.05, 4.69) is 6.47 Å². The van der Waals surface area contributed by atoms with Gasteiger partial charge in [-0.2, -0.15) is 0 Å². The standard InChI is InChI=1S/C11H11BO2/c1-12-8-4-2-7(3-5-8)9-6-10(9)11(13)14/h2-5,9-10H,1,6H2,(H,13,14). The number of hydrogen-bond acceptors (Lipinski definition) is 1. The van der Waals surface area contributed by atoms with Gasteiger partial charge in [0.25, 0.3) is 0 Å². The summed E-state index contributed by atoms with van der Waals surface area (Å²) in [5.74, 6) is -0.612. The topological polar surface area (TPSA) is 37.3 Å². The number of carbonyl (C=O) groups is 1. The average Bonchev–Trinajstić information content (AvgIpc) is 2.97. The number of hydrogen-bond donors (Lipinski definition) is 1. The van der Waals surface area contributed by atoms with Gasteiger partial charge in [-0.1, -0.05) is 0 Å². The fourth-order valence-electron chi connectivity index (χ4n) is 1.72. The van der Waals surface area contributed by atoms with Crippen molar-refractivity contribution in [3.8, 4) is 0 Å². The van der Waals surface area contributed by atoms with Crippen molar-refractivity contribution < 1.29 is 9.90 Å². The second-order valence-electron chi connectivity index (χ2n) is 3.66. The van der Waals surface area contributed by atoms with E-state index in [1.165, 1.54) is 0 Å². The van der Waals surface area contributed by atoms with Crippen LogP contribution in [0.1, 0.15) is 17.9 Å². The van der Waals surface area contributed by atoms with Crippen LogP contribution in [0.2, 0.25) is 0 Å². The first-order valence-corrected chi connectivity index (χ1v) is 4.67. The molecule has 0 spiro atoms. The van der Waals surface area contributed by atoms with Crippen molar-refractivity contribution in [2.45, 2.75) is 12.3 Å². The molecule has 0 aliphatic heterocycles. The van der Waals surface area contributed by atoms with Gasteiger partial charge in [-0.25, -0.2) is 0 Å². The van der Waals surface area contributed by atoms with Gasteiger partial charge in [0.2, 0.25) is 0 Å². The summed E-state index contributed by atoms with van der Waals surface area (Å²) in [6.45, 7) is 5.45. The molecule has 1 aliphatic rings. The van der Waals surface area contributed by atoms with Gasteiger partial charge in [-0.05, 0) is 0 Å². The molecule has 0 radical (unpaired) electrons. The number of carboxylic acid groups (broad SMARTS) is 1. The molecule has 1 aliphatic carbocycles. The van der Waals surface area contributed by atoms with Gasteiger partial charge < -0.3 is 0 Å². The van der Waals surface area contributed by atoms with Crippen LogP contribution >= 0.6 is 0 Å². The zero-order chi connectivity index (χ0) is 10.1. The molecule has 2 atom stereocenters. The molecule has 0 heterocycles. The number of carboxylic acids is 1. The van der Waals surface area contributed by atoms with Crippen molar-refractivity contribution in [1.82, 2.24) is 0 Å². The molecule has 1 fully saturated rings. The Morgan fingerprint density at radius 3 is 2.50 bits per heavy atom. The first-order valence-electron chi connectivity index (χ1n) is 4.67. The Bertz CT molecular complexity index is 369. The molecule has 0 bridgehead atoms. The Kier molecular flexibility index (Phi) is 2.24. The van der Waals surface area contributed by atoms with E-state index in [4.69, 9.17) is 5.11 Å². The predicted octanol–water partition coefficient (Wildman–Crippen LogP) is 0.636. The average molecular weight is 186 g/mol. The SMILES string of the molecule is C=Bc1ccc(C2CC2C(=O)O)cc1. The van der Waals surface area contributed by atoms with Crippen LogP contribution in [0.3, 0.4) is 0 Å². The third-order valence-electron chi connectivity index (χ3n) is 2.71. The maximum absolute atomic E-state index is 10.7. The molecule has 3 heteroatoms. The fourth-order valence-corrected chi connectivity index (χ4v) is 1.72. The molecule has 0 aromatic heterocycles. The number of benzene rings is 1. The van der Waals surface area contributed by atoms with Gasteiger partial charge >= 0.3 is 82.8 Å². The molecule has 0 saturated heterocycles. The predicted molar refractivity (Wildman–Crippen MR) is 57.4 cm³/mol. The van der Waals surface area contributed by atoms with Crippen LogP contribution in [0.4, 0.5) is 0 Å². The second kappa shape index (κ2) is 3.41. The van der Waals surface area contributed by atoms with Crippen molar-refractivity contribution in [3.63, 3.8) is 0 Å². The van der Waals surface area contributed by atoms with E-state index >= 15 is 0 Å². The molecule has 14 heavy (non-hydrogen) atoms. The molecule has 1 aromatic carbocycles. The van der Waals surface area contributed by atoms with Crippen LogP contribution in [0, 0.1) is 5.92 Å². The Morgan fingerprint density at radius 1 is 1.43 bits per heavy atom. The van der Waals surface area contributed by atoms with E-state index in [9.17, 15) is 4.79 Å². The van der Waals surface area contributed by atoms with E-state index < -0.39 is 5.97 Å². The fraction of sp³-hybridized carbons (Fsp3) is 0.273. The summed E-state index contributed by atoms with van der Waals surface area (Å²) in [7, 11) is 0. The molecule has 70 valence electrons. The molecule has 0 amide bonds. The summed E-state index contributed by atoms with van der Waals surface area (Å²) in [4.78, 5) is 10.7. The van der Waals surface area contributed by atoms with E-state index in [-0.39, 0.29) is 11.8 Å². The van der Waals surface area contributed by atoms with Gasteiger partial charge in [0.15, 0.2) is 0 Å². The normalized spacial score (nSPS) is 24.0. The van der Waals surface area contributed by atoms with Gasteiger partial charge in [-0.3, -0.25) is 0 Å². The Morgan fingerprint density at radius 2 is 2.07 bits per heavy atom. The zero-order valence-electron chi connectivity index (χ0n) is 7.81. The third-order valence-corrected chi connectivity index (χ3v) is 2.71. The van der Waals surface area contributed by atoms with Gasteiger partial charge in [0, 0.05) is 0 Å². The molecule has 1 N–H and O–H groups in total. The van der Waals surface area contributed by atoms with E-state index in [0.29, 0.717) is 0 Å².